The van der Waals surface area contributed by atoms with Crippen LogP contribution in [-0.4, -0.2) is 65.5 Å². The molecule has 1 saturated heterocycles. The van der Waals surface area contributed by atoms with E-state index >= 15 is 0 Å². The third kappa shape index (κ3) is 6.60. The summed E-state index contributed by atoms with van der Waals surface area (Å²) in [5, 5.41) is 11.3. The van der Waals surface area contributed by atoms with Gasteiger partial charge in [0.05, 0.1) is 17.9 Å². The van der Waals surface area contributed by atoms with Crippen molar-refractivity contribution >= 4 is 35.0 Å². The van der Waals surface area contributed by atoms with Crippen LogP contribution in [-0.2, 0) is 4.79 Å². The lowest BCUT2D eigenvalue weighted by atomic mass is 10.1. The molecule has 11 heteroatoms. The molecule has 0 spiro atoms. The van der Waals surface area contributed by atoms with Gasteiger partial charge in [0.15, 0.2) is 0 Å². The maximum absolute atomic E-state index is 14.0. The molecule has 4 aromatic rings. The Hall–Kier alpha value is -4.38. The Labute approximate surface area is 235 Å². The van der Waals surface area contributed by atoms with Crippen LogP contribution >= 0.6 is 11.8 Å². The highest BCUT2D eigenvalue weighted by Crippen LogP contribution is 2.26. The van der Waals surface area contributed by atoms with Crippen molar-refractivity contribution < 1.29 is 23.1 Å². The summed E-state index contributed by atoms with van der Waals surface area (Å²) in [6, 6.07) is 20.9. The van der Waals surface area contributed by atoms with E-state index in [9.17, 15) is 14.0 Å². The Morgan fingerprint density at radius 3 is 2.40 bits per heavy atom. The fraction of sp³-hybridized carbons (Fsp3) is 0.241. The van der Waals surface area contributed by atoms with E-state index in [1.54, 1.807) is 17.0 Å². The van der Waals surface area contributed by atoms with Gasteiger partial charge in [-0.05, 0) is 67.6 Å². The first-order valence-electron chi connectivity index (χ1n) is 12.9. The van der Waals surface area contributed by atoms with Gasteiger partial charge in [0.25, 0.3) is 11.1 Å². The number of hydrogen-bond acceptors (Lipinski definition) is 8. The van der Waals surface area contributed by atoms with E-state index < -0.39 is 5.82 Å². The molecule has 0 atom stereocenters. The summed E-state index contributed by atoms with van der Waals surface area (Å²) in [7, 11) is 0. The van der Waals surface area contributed by atoms with E-state index in [2.05, 4.69) is 20.4 Å². The summed E-state index contributed by atoms with van der Waals surface area (Å²) in [5.74, 6) is 0.266. The van der Waals surface area contributed by atoms with Crippen LogP contribution in [0.4, 0.5) is 15.8 Å². The van der Waals surface area contributed by atoms with Crippen molar-refractivity contribution in [3.05, 3.63) is 84.2 Å². The first-order chi connectivity index (χ1) is 19.5. The van der Waals surface area contributed by atoms with Gasteiger partial charge in [-0.2, -0.15) is 0 Å². The molecule has 206 valence electrons. The molecule has 0 aliphatic carbocycles. The summed E-state index contributed by atoms with van der Waals surface area (Å²) < 4.78 is 25.1. The van der Waals surface area contributed by atoms with Crippen molar-refractivity contribution in [2.45, 2.75) is 12.1 Å². The van der Waals surface area contributed by atoms with Gasteiger partial charge >= 0.3 is 0 Å². The average molecular weight is 562 g/mol. The van der Waals surface area contributed by atoms with Crippen LogP contribution in [0.15, 0.2) is 82.4 Å². The predicted octanol–water partition coefficient (Wildman–Crippen LogP) is 4.97. The van der Waals surface area contributed by atoms with E-state index in [0.717, 1.165) is 28.8 Å². The molecule has 1 N–H and O–H groups in total. The van der Waals surface area contributed by atoms with Gasteiger partial charge in [0, 0.05) is 43.1 Å². The zero-order valence-corrected chi connectivity index (χ0v) is 22.7. The standard InChI is InChI=1S/C29H28FN5O4S/c1-2-38-23-13-7-20(8-14-23)27-32-33-29(39-27)40-19-26(36)31-21-9-11-22(12-10-21)34-15-17-35(18-16-34)28(37)24-5-3-4-6-25(24)30/h3-14H,2,15-19H2,1H3,(H,31,36). The highest BCUT2D eigenvalue weighted by atomic mass is 32.2. The van der Waals surface area contributed by atoms with Gasteiger partial charge in [0.1, 0.15) is 11.6 Å². The Bertz CT molecular complexity index is 1450. The summed E-state index contributed by atoms with van der Waals surface area (Å²) in [6.45, 7) is 4.77. The number of carbonyl (C=O) groups excluding carboxylic acids is 2. The number of hydrogen-bond donors (Lipinski definition) is 1. The molecule has 5 rings (SSSR count). The second-order valence-corrected chi connectivity index (χ2v) is 9.90. The van der Waals surface area contributed by atoms with Gasteiger partial charge in [0.2, 0.25) is 11.8 Å². The van der Waals surface area contributed by atoms with Crippen molar-refractivity contribution in [1.82, 2.24) is 15.1 Å². The number of amides is 2. The van der Waals surface area contributed by atoms with Gasteiger partial charge in [-0.25, -0.2) is 4.39 Å². The molecule has 1 aliphatic rings. The number of nitrogens with zero attached hydrogens (tertiary/aromatic N) is 4. The van der Waals surface area contributed by atoms with E-state index in [0.29, 0.717) is 49.6 Å². The summed E-state index contributed by atoms with van der Waals surface area (Å²) in [5.41, 5.74) is 2.52. The highest BCUT2D eigenvalue weighted by molar-refractivity contribution is 7.99. The maximum atomic E-state index is 14.0. The number of halogens is 1. The molecule has 2 heterocycles. The maximum Gasteiger partial charge on any atom is 0.277 e. The normalized spacial score (nSPS) is 13.2. The smallest absolute Gasteiger partial charge is 0.277 e. The number of anilines is 2. The first-order valence-corrected chi connectivity index (χ1v) is 13.9. The third-order valence-corrected chi connectivity index (χ3v) is 7.15. The molecule has 0 radical (unpaired) electrons. The van der Waals surface area contributed by atoms with Crippen molar-refractivity contribution in [2.75, 3.05) is 48.8 Å². The third-order valence-electron chi connectivity index (χ3n) is 6.33. The fourth-order valence-electron chi connectivity index (χ4n) is 4.30. The quantitative estimate of drug-likeness (QED) is 0.286. The van der Waals surface area contributed by atoms with Crippen LogP contribution < -0.4 is 15.0 Å². The lowest BCUT2D eigenvalue weighted by Gasteiger charge is -2.36. The van der Waals surface area contributed by atoms with Crippen LogP contribution in [0, 0.1) is 5.82 Å². The van der Waals surface area contributed by atoms with Crippen LogP contribution in [0.3, 0.4) is 0 Å². The molecule has 2 amide bonds. The van der Waals surface area contributed by atoms with Crippen LogP contribution in [0.5, 0.6) is 5.75 Å². The van der Waals surface area contributed by atoms with E-state index in [1.807, 2.05) is 55.5 Å². The Morgan fingerprint density at radius 2 is 1.70 bits per heavy atom. The Balaban J connectivity index is 1.08. The fourth-order valence-corrected chi connectivity index (χ4v) is 4.86. The second-order valence-electron chi connectivity index (χ2n) is 8.97. The first kappa shape index (κ1) is 27.2. The molecule has 9 nitrogen and oxygen atoms in total. The molecule has 1 aliphatic heterocycles. The number of piperazine rings is 1. The lowest BCUT2D eigenvalue weighted by molar-refractivity contribution is -0.113. The summed E-state index contributed by atoms with van der Waals surface area (Å²) in [6.07, 6.45) is 0. The highest BCUT2D eigenvalue weighted by Gasteiger charge is 2.24. The van der Waals surface area contributed by atoms with Gasteiger partial charge in [-0.3, -0.25) is 9.59 Å². The molecule has 1 aromatic heterocycles. The van der Waals surface area contributed by atoms with Crippen LogP contribution in [0.1, 0.15) is 17.3 Å². The van der Waals surface area contributed by atoms with Gasteiger partial charge in [-0.15, -0.1) is 10.2 Å². The Morgan fingerprint density at radius 1 is 0.975 bits per heavy atom. The van der Waals surface area contributed by atoms with Crippen molar-refractivity contribution in [1.29, 1.82) is 0 Å². The number of rotatable bonds is 9. The van der Waals surface area contributed by atoms with Crippen LogP contribution in [0.25, 0.3) is 11.5 Å². The molecule has 0 unspecified atom stereocenters. The zero-order chi connectivity index (χ0) is 27.9. The van der Waals surface area contributed by atoms with Gasteiger partial charge < -0.3 is 24.3 Å². The molecular formula is C29H28FN5O4S. The number of aromatic nitrogens is 2. The largest absolute Gasteiger partial charge is 0.494 e. The number of thioether (sulfide) groups is 1. The average Bonchev–Trinajstić information content (AvgIpc) is 3.46. The SMILES string of the molecule is CCOc1ccc(-c2nnc(SCC(=O)Nc3ccc(N4CCN(C(=O)c5ccccc5F)CC4)cc3)o2)cc1. The molecule has 1 fully saturated rings. The molecule has 0 bridgehead atoms. The number of nitrogens with one attached hydrogen (secondary N) is 1. The number of ether oxygens (including phenoxy) is 1. The minimum absolute atomic E-state index is 0.0985. The Kier molecular flexibility index (Phi) is 8.60. The van der Waals surface area contributed by atoms with Gasteiger partial charge in [-0.1, -0.05) is 23.9 Å². The lowest BCUT2D eigenvalue weighted by Crippen LogP contribution is -2.49. The predicted molar refractivity (Wildman–Crippen MR) is 151 cm³/mol. The number of carbonyl (C=O) groups is 2. The van der Waals surface area contributed by atoms with Crippen molar-refractivity contribution in [3.8, 4) is 17.2 Å². The van der Waals surface area contributed by atoms with E-state index in [-0.39, 0.29) is 23.1 Å². The number of benzene rings is 3. The molecule has 40 heavy (non-hydrogen) atoms. The van der Waals surface area contributed by atoms with E-state index in [4.69, 9.17) is 9.15 Å². The summed E-state index contributed by atoms with van der Waals surface area (Å²) in [4.78, 5) is 29.0. The molecule has 0 saturated carbocycles. The minimum Gasteiger partial charge on any atom is -0.494 e. The molecular weight excluding hydrogens is 533 g/mol. The second kappa shape index (κ2) is 12.6. The topological polar surface area (TPSA) is 101 Å². The zero-order valence-electron chi connectivity index (χ0n) is 21.9. The molecule has 3 aromatic carbocycles. The van der Waals surface area contributed by atoms with Crippen LogP contribution in [0.2, 0.25) is 0 Å². The van der Waals surface area contributed by atoms with Crippen molar-refractivity contribution in [3.63, 3.8) is 0 Å². The monoisotopic (exact) mass is 561 g/mol. The van der Waals surface area contributed by atoms with Crippen molar-refractivity contribution in [2.24, 2.45) is 0 Å². The van der Waals surface area contributed by atoms with E-state index in [1.165, 1.54) is 12.1 Å². The minimum atomic E-state index is -0.503. The summed E-state index contributed by atoms with van der Waals surface area (Å²) >= 11 is 1.16.